The molecule has 0 saturated carbocycles. The predicted molar refractivity (Wildman–Crippen MR) is 108 cm³/mol. The van der Waals surface area contributed by atoms with Crippen LogP contribution in [0.15, 0.2) is 42.5 Å². The number of hydrogen-bond acceptors (Lipinski definition) is 2. The third-order valence-electron chi connectivity index (χ3n) is 5.68. The Kier molecular flexibility index (Phi) is 4.78. The third-order valence-corrected chi connectivity index (χ3v) is 5.99. The number of hydrogen-bond donors (Lipinski definition) is 1. The lowest BCUT2D eigenvalue weighted by molar-refractivity contribution is 0.0923. The molecule has 136 valence electrons. The van der Waals surface area contributed by atoms with E-state index in [0.29, 0.717) is 13.1 Å². The summed E-state index contributed by atoms with van der Waals surface area (Å²) in [6.07, 6.45) is 0.629. The van der Waals surface area contributed by atoms with Gasteiger partial charge < -0.3 is 9.67 Å². The molecular formula is C22H25ClN2O. The number of halogens is 1. The van der Waals surface area contributed by atoms with Crippen molar-refractivity contribution in [2.24, 2.45) is 0 Å². The SMILES string of the molecule is Cc1c(C)n(C[C@H](O)CN2CCc3ccccc3C2)c2c(Cl)cccc12. The summed E-state index contributed by atoms with van der Waals surface area (Å²) < 4.78 is 2.18. The molecular weight excluding hydrogens is 344 g/mol. The zero-order chi connectivity index (χ0) is 18.3. The van der Waals surface area contributed by atoms with Gasteiger partial charge in [-0.05, 0) is 43.0 Å². The van der Waals surface area contributed by atoms with Crippen LogP contribution in [0, 0.1) is 13.8 Å². The Labute approximate surface area is 159 Å². The molecule has 1 aliphatic heterocycles. The molecule has 0 spiro atoms. The van der Waals surface area contributed by atoms with Crippen LogP contribution in [-0.2, 0) is 19.5 Å². The molecule has 0 saturated heterocycles. The molecule has 26 heavy (non-hydrogen) atoms. The zero-order valence-corrected chi connectivity index (χ0v) is 16.1. The molecule has 1 aromatic heterocycles. The number of nitrogens with zero attached hydrogens (tertiary/aromatic N) is 2. The van der Waals surface area contributed by atoms with E-state index in [4.69, 9.17) is 11.6 Å². The molecule has 3 aromatic rings. The number of aliphatic hydroxyl groups excluding tert-OH is 1. The number of rotatable bonds is 4. The molecule has 0 amide bonds. The molecule has 0 bridgehead atoms. The van der Waals surface area contributed by atoms with Crippen molar-refractivity contribution in [3.05, 3.63) is 69.9 Å². The molecule has 1 N–H and O–H groups in total. The quantitative estimate of drug-likeness (QED) is 0.742. The standard InChI is InChI=1S/C22H25ClN2O/c1-15-16(2)25(22-20(15)8-5-9-21(22)23)14-19(26)13-24-11-10-17-6-3-4-7-18(17)12-24/h3-9,19,26H,10-14H2,1-2H3/t19-/m1/s1. The summed E-state index contributed by atoms with van der Waals surface area (Å²) in [6.45, 7) is 7.39. The maximum absolute atomic E-state index is 10.8. The molecule has 4 heteroatoms. The zero-order valence-electron chi connectivity index (χ0n) is 15.4. The van der Waals surface area contributed by atoms with Gasteiger partial charge >= 0.3 is 0 Å². The van der Waals surface area contributed by atoms with Crippen LogP contribution in [0.3, 0.4) is 0 Å². The number of benzene rings is 2. The number of β-amino-alcohol motifs (C(OH)–C–C–N with tert-alkyl or cyclic N) is 1. The van der Waals surface area contributed by atoms with Crippen molar-refractivity contribution in [2.45, 2.75) is 39.5 Å². The summed E-state index contributed by atoms with van der Waals surface area (Å²) in [5.74, 6) is 0. The minimum atomic E-state index is -0.426. The van der Waals surface area contributed by atoms with Crippen LogP contribution in [-0.4, -0.2) is 33.8 Å². The van der Waals surface area contributed by atoms with Gasteiger partial charge in [-0.1, -0.05) is 48.0 Å². The first-order chi connectivity index (χ1) is 12.5. The Hall–Kier alpha value is -1.81. The monoisotopic (exact) mass is 368 g/mol. The summed E-state index contributed by atoms with van der Waals surface area (Å²) in [6, 6.07) is 14.6. The first-order valence-electron chi connectivity index (χ1n) is 9.25. The summed E-state index contributed by atoms with van der Waals surface area (Å²) >= 11 is 6.47. The molecule has 3 nitrogen and oxygen atoms in total. The summed E-state index contributed by atoms with van der Waals surface area (Å²) in [5.41, 5.74) is 6.27. The van der Waals surface area contributed by atoms with Gasteiger partial charge in [-0.15, -0.1) is 0 Å². The predicted octanol–water partition coefficient (Wildman–Crippen LogP) is 4.33. The largest absolute Gasteiger partial charge is 0.390 e. The second-order valence-corrected chi connectivity index (χ2v) is 7.77. The Bertz CT molecular complexity index is 947. The van der Waals surface area contributed by atoms with Gasteiger partial charge in [0.25, 0.3) is 0 Å². The van der Waals surface area contributed by atoms with E-state index in [1.807, 2.05) is 12.1 Å². The smallest absolute Gasteiger partial charge is 0.0845 e. The van der Waals surface area contributed by atoms with Gasteiger partial charge in [0.05, 0.1) is 23.2 Å². The molecule has 4 rings (SSSR count). The lowest BCUT2D eigenvalue weighted by atomic mass is 10.00. The van der Waals surface area contributed by atoms with Crippen LogP contribution < -0.4 is 0 Å². The van der Waals surface area contributed by atoms with E-state index in [0.717, 1.165) is 30.0 Å². The van der Waals surface area contributed by atoms with E-state index in [-0.39, 0.29) is 0 Å². The van der Waals surface area contributed by atoms with Gasteiger partial charge in [0.1, 0.15) is 0 Å². The van der Waals surface area contributed by atoms with Crippen molar-refractivity contribution in [1.29, 1.82) is 0 Å². The van der Waals surface area contributed by atoms with Crippen molar-refractivity contribution in [2.75, 3.05) is 13.1 Å². The fourth-order valence-corrected chi connectivity index (χ4v) is 4.44. The third kappa shape index (κ3) is 3.16. The maximum atomic E-state index is 10.8. The summed E-state index contributed by atoms with van der Waals surface area (Å²) in [5, 5.41) is 12.7. The van der Waals surface area contributed by atoms with Crippen LogP contribution in [0.2, 0.25) is 5.02 Å². The van der Waals surface area contributed by atoms with E-state index < -0.39 is 6.10 Å². The molecule has 2 heterocycles. The van der Waals surface area contributed by atoms with E-state index in [1.165, 1.54) is 27.8 Å². The van der Waals surface area contributed by atoms with Crippen molar-refractivity contribution < 1.29 is 5.11 Å². The molecule has 1 aliphatic rings. The molecule has 0 unspecified atom stereocenters. The van der Waals surface area contributed by atoms with Crippen LogP contribution in [0.4, 0.5) is 0 Å². The number of para-hydroxylation sites is 1. The minimum absolute atomic E-state index is 0.426. The highest BCUT2D eigenvalue weighted by atomic mass is 35.5. The number of aryl methyl sites for hydroxylation is 1. The normalized spacial score (nSPS) is 16.0. The fraction of sp³-hybridized carbons (Fsp3) is 0.364. The van der Waals surface area contributed by atoms with Crippen LogP contribution in [0.25, 0.3) is 10.9 Å². The topological polar surface area (TPSA) is 28.4 Å². The van der Waals surface area contributed by atoms with Crippen molar-refractivity contribution in [1.82, 2.24) is 9.47 Å². The Morgan fingerprint density at radius 2 is 1.81 bits per heavy atom. The van der Waals surface area contributed by atoms with E-state index >= 15 is 0 Å². The number of aliphatic hydroxyl groups is 1. The number of aromatic nitrogens is 1. The van der Waals surface area contributed by atoms with Gasteiger partial charge in [0.2, 0.25) is 0 Å². The first-order valence-corrected chi connectivity index (χ1v) is 9.63. The van der Waals surface area contributed by atoms with Gasteiger partial charge in [-0.3, -0.25) is 4.90 Å². The van der Waals surface area contributed by atoms with Crippen molar-refractivity contribution in [3.8, 4) is 0 Å². The highest BCUT2D eigenvalue weighted by molar-refractivity contribution is 6.35. The fourth-order valence-electron chi connectivity index (χ4n) is 4.16. The second-order valence-electron chi connectivity index (χ2n) is 7.36. The van der Waals surface area contributed by atoms with Gasteiger partial charge in [0.15, 0.2) is 0 Å². The Balaban J connectivity index is 1.52. The average Bonchev–Trinajstić information content (AvgIpc) is 2.88. The van der Waals surface area contributed by atoms with Gasteiger partial charge in [0, 0.05) is 30.7 Å². The lowest BCUT2D eigenvalue weighted by Crippen LogP contribution is -2.38. The first kappa shape index (κ1) is 17.6. The molecule has 0 aliphatic carbocycles. The van der Waals surface area contributed by atoms with E-state index in [9.17, 15) is 5.11 Å². The number of fused-ring (bicyclic) bond motifs is 2. The molecule has 1 atom stereocenters. The van der Waals surface area contributed by atoms with Crippen LogP contribution in [0.5, 0.6) is 0 Å². The lowest BCUT2D eigenvalue weighted by Gasteiger charge is -2.30. The van der Waals surface area contributed by atoms with Crippen LogP contribution >= 0.6 is 11.6 Å². The highest BCUT2D eigenvalue weighted by Crippen LogP contribution is 2.31. The highest BCUT2D eigenvalue weighted by Gasteiger charge is 2.21. The van der Waals surface area contributed by atoms with Crippen molar-refractivity contribution >= 4 is 22.5 Å². The summed E-state index contributed by atoms with van der Waals surface area (Å²) in [4.78, 5) is 2.35. The van der Waals surface area contributed by atoms with Crippen LogP contribution in [0.1, 0.15) is 22.4 Å². The average molecular weight is 369 g/mol. The van der Waals surface area contributed by atoms with Crippen molar-refractivity contribution in [3.63, 3.8) is 0 Å². The Morgan fingerprint density at radius 3 is 2.62 bits per heavy atom. The molecule has 2 aromatic carbocycles. The minimum Gasteiger partial charge on any atom is -0.390 e. The molecule has 0 fully saturated rings. The maximum Gasteiger partial charge on any atom is 0.0845 e. The van der Waals surface area contributed by atoms with E-state index in [2.05, 4.69) is 53.6 Å². The molecule has 0 radical (unpaired) electrons. The summed E-state index contributed by atoms with van der Waals surface area (Å²) in [7, 11) is 0. The van der Waals surface area contributed by atoms with E-state index in [1.54, 1.807) is 0 Å². The van der Waals surface area contributed by atoms with Gasteiger partial charge in [-0.25, -0.2) is 0 Å². The Morgan fingerprint density at radius 1 is 1.04 bits per heavy atom. The van der Waals surface area contributed by atoms with Gasteiger partial charge in [-0.2, -0.15) is 0 Å². The second kappa shape index (κ2) is 7.07.